The van der Waals surface area contributed by atoms with Gasteiger partial charge in [-0.1, -0.05) is 44.2 Å². The number of fused-ring (bicyclic) bond motifs is 1. The van der Waals surface area contributed by atoms with E-state index in [4.69, 9.17) is 14.7 Å². The van der Waals surface area contributed by atoms with Gasteiger partial charge in [-0.05, 0) is 55.0 Å². The molecule has 0 N–H and O–H groups in total. The molecule has 4 aromatic rings. The number of aromatic nitrogens is 3. The van der Waals surface area contributed by atoms with Crippen LogP contribution in [-0.2, 0) is 0 Å². The van der Waals surface area contributed by atoms with E-state index < -0.39 is 0 Å². The molecule has 1 saturated heterocycles. The number of anilines is 1. The third-order valence-corrected chi connectivity index (χ3v) is 6.24. The van der Waals surface area contributed by atoms with Crippen molar-refractivity contribution in [1.82, 2.24) is 14.5 Å². The molecule has 164 valence electrons. The SMILES string of the molecule is CCOc1ccc(-n2cc(-c3ccccc3)c3c(N4C[C@H](C)C[C@H](C)C4)ncnc32)cc1. The Bertz CT molecular complexity index is 1190. The first-order valence-corrected chi connectivity index (χ1v) is 11.5. The Labute approximate surface area is 189 Å². The fraction of sp³-hybridized carbons (Fsp3) is 0.333. The Balaban J connectivity index is 1.70. The van der Waals surface area contributed by atoms with Gasteiger partial charge in [0.2, 0.25) is 0 Å². The molecule has 0 saturated carbocycles. The van der Waals surface area contributed by atoms with Crippen molar-refractivity contribution in [2.45, 2.75) is 27.2 Å². The van der Waals surface area contributed by atoms with E-state index in [9.17, 15) is 0 Å². The number of hydrogen-bond acceptors (Lipinski definition) is 4. The predicted octanol–water partition coefficient (Wildman–Crippen LogP) is 5.97. The van der Waals surface area contributed by atoms with Crippen LogP contribution >= 0.6 is 0 Å². The molecule has 2 aromatic heterocycles. The van der Waals surface area contributed by atoms with Crippen LogP contribution in [0.5, 0.6) is 5.75 Å². The maximum absolute atomic E-state index is 5.64. The molecule has 2 atom stereocenters. The van der Waals surface area contributed by atoms with Gasteiger partial charge in [0, 0.05) is 30.5 Å². The fourth-order valence-electron chi connectivity index (χ4n) is 5.02. The van der Waals surface area contributed by atoms with Crippen molar-refractivity contribution in [3.63, 3.8) is 0 Å². The Morgan fingerprint density at radius 3 is 2.34 bits per heavy atom. The van der Waals surface area contributed by atoms with Gasteiger partial charge in [-0.2, -0.15) is 0 Å². The zero-order valence-electron chi connectivity index (χ0n) is 19.0. The van der Waals surface area contributed by atoms with E-state index in [0.29, 0.717) is 18.4 Å². The van der Waals surface area contributed by atoms with Crippen molar-refractivity contribution in [2.24, 2.45) is 11.8 Å². The molecule has 1 aliphatic rings. The molecule has 5 rings (SSSR count). The van der Waals surface area contributed by atoms with Crippen molar-refractivity contribution in [2.75, 3.05) is 24.6 Å². The van der Waals surface area contributed by atoms with Crippen LogP contribution in [-0.4, -0.2) is 34.2 Å². The van der Waals surface area contributed by atoms with Crippen molar-refractivity contribution in [3.05, 3.63) is 67.1 Å². The molecule has 5 nitrogen and oxygen atoms in total. The van der Waals surface area contributed by atoms with Gasteiger partial charge in [-0.25, -0.2) is 9.97 Å². The van der Waals surface area contributed by atoms with E-state index in [0.717, 1.165) is 46.9 Å². The maximum atomic E-state index is 5.64. The lowest BCUT2D eigenvalue weighted by atomic mass is 9.91. The molecule has 3 heterocycles. The van der Waals surface area contributed by atoms with Crippen molar-refractivity contribution < 1.29 is 4.74 Å². The summed E-state index contributed by atoms with van der Waals surface area (Å²) in [7, 11) is 0. The number of benzene rings is 2. The van der Waals surface area contributed by atoms with Crippen LogP contribution in [0, 0.1) is 11.8 Å². The first kappa shape index (κ1) is 20.6. The van der Waals surface area contributed by atoms with E-state index in [1.54, 1.807) is 6.33 Å². The van der Waals surface area contributed by atoms with Crippen molar-refractivity contribution >= 4 is 16.9 Å². The summed E-state index contributed by atoms with van der Waals surface area (Å²) in [6, 6.07) is 18.8. The average Bonchev–Trinajstić information content (AvgIpc) is 3.20. The molecule has 5 heteroatoms. The molecule has 0 amide bonds. The summed E-state index contributed by atoms with van der Waals surface area (Å²) in [5.41, 5.74) is 4.34. The molecule has 1 aliphatic heterocycles. The average molecular weight is 427 g/mol. The summed E-state index contributed by atoms with van der Waals surface area (Å²) in [5.74, 6) is 3.22. The van der Waals surface area contributed by atoms with Gasteiger partial charge < -0.3 is 14.2 Å². The van der Waals surface area contributed by atoms with Crippen LogP contribution in [0.25, 0.3) is 27.8 Å². The maximum Gasteiger partial charge on any atom is 0.150 e. The summed E-state index contributed by atoms with van der Waals surface area (Å²) in [6.07, 6.45) is 5.18. The van der Waals surface area contributed by atoms with E-state index >= 15 is 0 Å². The van der Waals surface area contributed by atoms with Crippen LogP contribution in [0.4, 0.5) is 5.82 Å². The largest absolute Gasteiger partial charge is 0.494 e. The van der Waals surface area contributed by atoms with Gasteiger partial charge >= 0.3 is 0 Å². The zero-order chi connectivity index (χ0) is 22.1. The summed E-state index contributed by atoms with van der Waals surface area (Å²) in [5, 5.41) is 1.12. The standard InChI is InChI=1S/C27H30N4O/c1-4-32-23-12-10-22(11-13-23)31-17-24(21-8-6-5-7-9-21)25-26(28-18-29-27(25)31)30-15-19(2)14-20(3)16-30/h5-13,17-20H,4,14-16H2,1-3H3/t19-,20+. The number of hydrogen-bond donors (Lipinski definition) is 0. The second kappa shape index (κ2) is 8.65. The molecule has 2 aromatic carbocycles. The van der Waals surface area contributed by atoms with Gasteiger partial charge in [-0.15, -0.1) is 0 Å². The van der Waals surface area contributed by atoms with Crippen LogP contribution < -0.4 is 9.64 Å². The number of ether oxygens (including phenoxy) is 1. The van der Waals surface area contributed by atoms with E-state index in [2.05, 4.69) is 72.0 Å². The smallest absolute Gasteiger partial charge is 0.150 e. The molecular formula is C27H30N4O. The first-order valence-electron chi connectivity index (χ1n) is 11.5. The van der Waals surface area contributed by atoms with Crippen LogP contribution in [0.15, 0.2) is 67.1 Å². The van der Waals surface area contributed by atoms with E-state index in [1.165, 1.54) is 12.0 Å². The monoisotopic (exact) mass is 426 g/mol. The van der Waals surface area contributed by atoms with Crippen molar-refractivity contribution in [1.29, 1.82) is 0 Å². The lowest BCUT2D eigenvalue weighted by Crippen LogP contribution is -2.39. The van der Waals surface area contributed by atoms with Crippen LogP contribution in [0.1, 0.15) is 27.2 Å². The number of nitrogens with zero attached hydrogens (tertiary/aromatic N) is 4. The summed E-state index contributed by atoms with van der Waals surface area (Å²) in [6.45, 7) is 9.39. The predicted molar refractivity (Wildman–Crippen MR) is 131 cm³/mol. The Morgan fingerprint density at radius 2 is 1.66 bits per heavy atom. The normalized spacial score (nSPS) is 18.8. The highest BCUT2D eigenvalue weighted by Crippen LogP contribution is 2.38. The molecular weight excluding hydrogens is 396 g/mol. The number of rotatable bonds is 5. The molecule has 0 bridgehead atoms. The zero-order valence-corrected chi connectivity index (χ0v) is 19.0. The van der Waals surface area contributed by atoms with Gasteiger partial charge in [0.1, 0.15) is 17.9 Å². The second-order valence-electron chi connectivity index (χ2n) is 8.95. The lowest BCUT2D eigenvalue weighted by molar-refractivity contribution is 0.340. The third-order valence-electron chi connectivity index (χ3n) is 6.24. The minimum Gasteiger partial charge on any atom is -0.494 e. The van der Waals surface area contributed by atoms with Gasteiger partial charge in [0.15, 0.2) is 5.65 Å². The summed E-state index contributed by atoms with van der Waals surface area (Å²) >= 11 is 0. The molecule has 0 radical (unpaired) electrons. The van der Waals surface area contributed by atoms with Gasteiger partial charge in [0.05, 0.1) is 12.0 Å². The topological polar surface area (TPSA) is 43.2 Å². The fourth-order valence-corrected chi connectivity index (χ4v) is 5.02. The highest BCUT2D eigenvalue weighted by molar-refractivity contribution is 6.02. The molecule has 1 fully saturated rings. The summed E-state index contributed by atoms with van der Waals surface area (Å²) < 4.78 is 7.81. The molecule has 0 aliphatic carbocycles. The van der Waals surface area contributed by atoms with E-state index in [-0.39, 0.29) is 0 Å². The third kappa shape index (κ3) is 3.83. The molecule has 32 heavy (non-hydrogen) atoms. The van der Waals surface area contributed by atoms with Crippen LogP contribution in [0.2, 0.25) is 0 Å². The Hall–Kier alpha value is -3.34. The minimum atomic E-state index is 0.650. The van der Waals surface area contributed by atoms with Gasteiger partial charge in [-0.3, -0.25) is 0 Å². The highest BCUT2D eigenvalue weighted by Gasteiger charge is 2.26. The van der Waals surface area contributed by atoms with E-state index in [1.807, 2.05) is 19.1 Å². The second-order valence-corrected chi connectivity index (χ2v) is 8.95. The van der Waals surface area contributed by atoms with Crippen molar-refractivity contribution in [3.8, 4) is 22.6 Å². The van der Waals surface area contributed by atoms with Crippen LogP contribution in [0.3, 0.4) is 0 Å². The Kier molecular flexibility index (Phi) is 5.56. The molecule has 0 spiro atoms. The number of piperidine rings is 1. The highest BCUT2D eigenvalue weighted by atomic mass is 16.5. The first-order chi connectivity index (χ1) is 15.6. The quantitative estimate of drug-likeness (QED) is 0.394. The minimum absolute atomic E-state index is 0.650. The lowest BCUT2D eigenvalue weighted by Gasteiger charge is -2.36. The Morgan fingerprint density at radius 1 is 0.938 bits per heavy atom. The van der Waals surface area contributed by atoms with Gasteiger partial charge in [0.25, 0.3) is 0 Å². The summed E-state index contributed by atoms with van der Waals surface area (Å²) in [4.78, 5) is 12.0. The molecule has 0 unspecified atom stereocenters.